The molecule has 2 fully saturated rings. The minimum absolute atomic E-state index is 0.111. The van der Waals surface area contributed by atoms with Crippen molar-refractivity contribution in [2.45, 2.75) is 75.4 Å². The van der Waals surface area contributed by atoms with Crippen molar-refractivity contribution in [3.05, 3.63) is 89.0 Å². The average Bonchev–Trinajstić information content (AvgIpc) is 3.57. The van der Waals surface area contributed by atoms with E-state index in [0.29, 0.717) is 35.9 Å². The van der Waals surface area contributed by atoms with Crippen LogP contribution in [0.5, 0.6) is 0 Å². The van der Waals surface area contributed by atoms with E-state index in [4.69, 9.17) is 0 Å². The Labute approximate surface area is 270 Å². The van der Waals surface area contributed by atoms with Crippen LogP contribution in [0.25, 0.3) is 0 Å². The van der Waals surface area contributed by atoms with Crippen molar-refractivity contribution in [1.29, 1.82) is 0 Å². The molecule has 0 atom stereocenters. The van der Waals surface area contributed by atoms with Gasteiger partial charge in [-0.1, -0.05) is 79.9 Å². The molecule has 1 amide bonds. The first-order chi connectivity index (χ1) is 21.8. The quantitative estimate of drug-likeness (QED) is 0.191. The number of piperidine rings is 1. The summed E-state index contributed by atoms with van der Waals surface area (Å²) in [6.45, 7) is 10.1. The molecule has 242 valence electrons. The van der Waals surface area contributed by atoms with E-state index < -0.39 is 9.84 Å². The number of nitrogens with one attached hydrogen (secondary N) is 2. The number of benzene rings is 3. The predicted molar refractivity (Wildman–Crippen MR) is 185 cm³/mol. The molecular formula is C37H50N4O3S. The van der Waals surface area contributed by atoms with Gasteiger partial charge in [0.25, 0.3) is 5.91 Å². The first-order valence-corrected chi connectivity index (χ1v) is 18.5. The van der Waals surface area contributed by atoms with Crippen LogP contribution in [-0.4, -0.2) is 65.0 Å². The van der Waals surface area contributed by atoms with Crippen molar-refractivity contribution in [3.8, 4) is 0 Å². The number of aryl methyl sites for hydroxylation is 1. The second-order valence-electron chi connectivity index (χ2n) is 12.7. The van der Waals surface area contributed by atoms with Gasteiger partial charge in [-0.3, -0.25) is 4.79 Å². The fraction of sp³-hybridized carbons (Fsp3) is 0.486. The fourth-order valence-corrected chi connectivity index (χ4v) is 8.18. The third-order valence-corrected chi connectivity index (χ3v) is 11.0. The fourth-order valence-electron chi connectivity index (χ4n) is 6.59. The highest BCUT2D eigenvalue weighted by atomic mass is 32.2. The summed E-state index contributed by atoms with van der Waals surface area (Å²) in [5.74, 6) is 0.105. The summed E-state index contributed by atoms with van der Waals surface area (Å²) in [5.41, 5.74) is 5.13. The van der Waals surface area contributed by atoms with Gasteiger partial charge in [0.05, 0.1) is 21.9 Å². The molecule has 5 rings (SSSR count). The molecule has 0 saturated carbocycles. The van der Waals surface area contributed by atoms with Crippen LogP contribution in [0.2, 0.25) is 0 Å². The number of unbranched alkanes of at least 4 members (excludes halogenated alkanes) is 2. The van der Waals surface area contributed by atoms with Crippen molar-refractivity contribution in [1.82, 2.24) is 10.2 Å². The first kappa shape index (κ1) is 33.0. The van der Waals surface area contributed by atoms with Crippen LogP contribution in [0.3, 0.4) is 0 Å². The topological polar surface area (TPSA) is 81.8 Å². The maximum absolute atomic E-state index is 14.2. The van der Waals surface area contributed by atoms with Crippen LogP contribution in [0.1, 0.15) is 84.8 Å². The molecule has 0 unspecified atom stereocenters. The Hall–Kier alpha value is -3.36. The Morgan fingerprint density at radius 2 is 1.60 bits per heavy atom. The second kappa shape index (κ2) is 15.8. The number of carbonyl (C=O) groups excluding carboxylic acids is 1. The van der Waals surface area contributed by atoms with Gasteiger partial charge in [0.15, 0.2) is 9.84 Å². The molecule has 8 heteroatoms. The van der Waals surface area contributed by atoms with Crippen molar-refractivity contribution in [3.63, 3.8) is 0 Å². The van der Waals surface area contributed by atoms with Crippen molar-refractivity contribution in [2.24, 2.45) is 0 Å². The van der Waals surface area contributed by atoms with Crippen LogP contribution in [0.15, 0.2) is 71.6 Å². The summed E-state index contributed by atoms with van der Waals surface area (Å²) in [5, 5.41) is 6.61. The SMILES string of the molecule is CCCCCNC(=O)c1cc(S(=O)(=O)Cc2ccccc2)c(N2CCC(c3ccc(C)cc3)CC2)cc1NCCN1CCCC1. The van der Waals surface area contributed by atoms with E-state index in [0.717, 1.165) is 70.4 Å². The summed E-state index contributed by atoms with van der Waals surface area (Å²) in [6, 6.07) is 21.7. The summed E-state index contributed by atoms with van der Waals surface area (Å²) < 4.78 is 28.3. The number of nitrogens with zero attached hydrogens (tertiary/aromatic N) is 2. The molecule has 2 N–H and O–H groups in total. The van der Waals surface area contributed by atoms with Gasteiger partial charge in [-0.2, -0.15) is 0 Å². The average molecular weight is 631 g/mol. The van der Waals surface area contributed by atoms with E-state index in [1.54, 1.807) is 6.07 Å². The molecule has 7 nitrogen and oxygen atoms in total. The van der Waals surface area contributed by atoms with E-state index in [9.17, 15) is 13.2 Å². The Kier molecular flexibility index (Phi) is 11.6. The molecule has 2 heterocycles. The lowest BCUT2D eigenvalue weighted by Gasteiger charge is -2.35. The smallest absolute Gasteiger partial charge is 0.253 e. The predicted octanol–water partition coefficient (Wildman–Crippen LogP) is 6.78. The Morgan fingerprint density at radius 3 is 2.29 bits per heavy atom. The van der Waals surface area contributed by atoms with E-state index >= 15 is 0 Å². The molecule has 2 saturated heterocycles. The molecule has 2 aliphatic heterocycles. The van der Waals surface area contributed by atoms with E-state index in [1.807, 2.05) is 36.4 Å². The van der Waals surface area contributed by atoms with Crippen molar-refractivity contribution in [2.75, 3.05) is 56.0 Å². The number of hydrogen-bond donors (Lipinski definition) is 2. The largest absolute Gasteiger partial charge is 0.383 e. The minimum atomic E-state index is -3.76. The first-order valence-electron chi connectivity index (χ1n) is 16.8. The molecule has 0 aromatic heterocycles. The highest BCUT2D eigenvalue weighted by Crippen LogP contribution is 2.38. The second-order valence-corrected chi connectivity index (χ2v) is 14.7. The number of sulfone groups is 1. The van der Waals surface area contributed by atoms with E-state index in [-0.39, 0.29) is 16.6 Å². The van der Waals surface area contributed by atoms with Gasteiger partial charge in [0, 0.05) is 38.4 Å². The number of anilines is 2. The Bertz CT molecular complexity index is 1490. The molecular weight excluding hydrogens is 580 g/mol. The molecule has 0 aliphatic carbocycles. The van der Waals surface area contributed by atoms with Gasteiger partial charge >= 0.3 is 0 Å². The van der Waals surface area contributed by atoms with Crippen molar-refractivity contribution >= 4 is 27.1 Å². The lowest BCUT2D eigenvalue weighted by atomic mass is 9.89. The third-order valence-electron chi connectivity index (χ3n) is 9.27. The zero-order valence-electron chi connectivity index (χ0n) is 27.1. The zero-order chi connectivity index (χ0) is 31.6. The standard InChI is InChI=1S/C37H50N4O3S/c1-3-4-8-19-39-37(42)33-26-36(45(43,44)28-30-11-6-5-7-12-30)35(27-34(33)38-20-25-40-21-9-10-22-40)41-23-17-32(18-24-41)31-15-13-29(2)14-16-31/h5-7,11-16,26-27,32,38H,3-4,8-10,17-25,28H2,1-2H3,(H,39,42). The van der Waals surface area contributed by atoms with Gasteiger partial charge in [0.2, 0.25) is 0 Å². The normalized spacial score (nSPS) is 16.2. The molecule has 3 aromatic carbocycles. The van der Waals surface area contributed by atoms with Gasteiger partial charge in [-0.25, -0.2) is 8.42 Å². The number of carbonyl (C=O) groups is 1. The van der Waals surface area contributed by atoms with Crippen LogP contribution in [0.4, 0.5) is 11.4 Å². The van der Waals surface area contributed by atoms with Gasteiger partial charge in [-0.05, 0) is 81.3 Å². The van der Waals surface area contributed by atoms with Crippen molar-refractivity contribution < 1.29 is 13.2 Å². The lowest BCUT2D eigenvalue weighted by molar-refractivity contribution is 0.0953. The number of likely N-dealkylation sites (tertiary alicyclic amines) is 1. The summed E-state index contributed by atoms with van der Waals surface area (Å²) in [6.07, 6.45) is 7.33. The molecule has 0 spiro atoms. The number of hydrogen-bond acceptors (Lipinski definition) is 6. The minimum Gasteiger partial charge on any atom is -0.383 e. The number of rotatable bonds is 14. The Balaban J connectivity index is 1.47. The van der Waals surface area contributed by atoms with Gasteiger partial charge in [0.1, 0.15) is 0 Å². The maximum atomic E-state index is 14.2. The molecule has 0 bridgehead atoms. The Morgan fingerprint density at radius 1 is 0.889 bits per heavy atom. The summed E-state index contributed by atoms with van der Waals surface area (Å²) in [4.78, 5) is 18.5. The van der Waals surface area contributed by atoms with Crippen LogP contribution < -0.4 is 15.5 Å². The monoisotopic (exact) mass is 630 g/mol. The zero-order valence-corrected chi connectivity index (χ0v) is 27.9. The molecule has 45 heavy (non-hydrogen) atoms. The van der Waals surface area contributed by atoms with E-state index in [1.165, 1.54) is 24.0 Å². The molecule has 3 aromatic rings. The van der Waals surface area contributed by atoms with Crippen LogP contribution >= 0.6 is 0 Å². The number of amides is 1. The third kappa shape index (κ3) is 8.88. The van der Waals surface area contributed by atoms with Gasteiger partial charge in [-0.15, -0.1) is 0 Å². The van der Waals surface area contributed by atoms with Crippen LogP contribution in [-0.2, 0) is 15.6 Å². The highest BCUT2D eigenvalue weighted by molar-refractivity contribution is 7.90. The lowest BCUT2D eigenvalue weighted by Crippen LogP contribution is -2.34. The van der Waals surface area contributed by atoms with E-state index in [2.05, 4.69) is 58.5 Å². The van der Waals surface area contributed by atoms with Crippen LogP contribution in [0, 0.1) is 6.92 Å². The summed E-state index contributed by atoms with van der Waals surface area (Å²) >= 11 is 0. The maximum Gasteiger partial charge on any atom is 0.253 e. The van der Waals surface area contributed by atoms with Gasteiger partial charge < -0.3 is 20.4 Å². The molecule has 0 radical (unpaired) electrons. The molecule has 2 aliphatic rings. The summed E-state index contributed by atoms with van der Waals surface area (Å²) in [7, 11) is -3.76. The highest BCUT2D eigenvalue weighted by Gasteiger charge is 2.29.